The molecule has 4 heteroatoms. The number of nitrogens with zero attached hydrogens (tertiary/aromatic N) is 1. The molecule has 2 N–H and O–H groups in total. The monoisotopic (exact) mass is 180 g/mol. The third kappa shape index (κ3) is 2.74. The smallest absolute Gasteiger partial charge is 0.326 e. The number of aromatic nitrogens is 1. The maximum Gasteiger partial charge on any atom is 0.326 e. The Hall–Kier alpha value is -1.58. The minimum atomic E-state index is -0.841. The van der Waals surface area contributed by atoms with Gasteiger partial charge in [0.25, 0.3) is 0 Å². The lowest BCUT2D eigenvalue weighted by molar-refractivity contribution is -0.137. The summed E-state index contributed by atoms with van der Waals surface area (Å²) < 4.78 is 0. The fourth-order valence-electron chi connectivity index (χ4n) is 0.988. The molecule has 0 amide bonds. The van der Waals surface area contributed by atoms with Gasteiger partial charge >= 0.3 is 5.97 Å². The number of aliphatic carboxylic acids is 1. The van der Waals surface area contributed by atoms with Gasteiger partial charge in [-0.3, -0.25) is 4.98 Å². The average Bonchev–Trinajstić information content (AvgIpc) is 2.15. The second kappa shape index (κ2) is 4.45. The summed E-state index contributed by atoms with van der Waals surface area (Å²) in [5, 5.41) is 11.6. The largest absolute Gasteiger partial charge is 0.480 e. The van der Waals surface area contributed by atoms with Crippen molar-refractivity contribution in [3.05, 3.63) is 24.5 Å². The van der Waals surface area contributed by atoms with Crippen molar-refractivity contribution in [2.24, 2.45) is 0 Å². The molecule has 0 fully saturated rings. The molecule has 1 aromatic heterocycles. The van der Waals surface area contributed by atoms with E-state index in [4.69, 9.17) is 5.11 Å². The van der Waals surface area contributed by atoms with Crippen molar-refractivity contribution in [2.75, 3.05) is 5.32 Å². The van der Waals surface area contributed by atoms with Crippen molar-refractivity contribution in [3.63, 3.8) is 0 Å². The molecule has 0 aliphatic heterocycles. The number of carboxylic acids is 1. The molecular formula is C9H12N2O2. The Morgan fingerprint density at radius 1 is 1.77 bits per heavy atom. The fraction of sp³-hybridized carbons (Fsp3) is 0.333. The Balaban J connectivity index is 2.62. The molecule has 0 spiro atoms. The van der Waals surface area contributed by atoms with Gasteiger partial charge in [-0.1, -0.05) is 6.92 Å². The molecule has 1 unspecified atom stereocenters. The van der Waals surface area contributed by atoms with Gasteiger partial charge in [-0.25, -0.2) is 4.79 Å². The van der Waals surface area contributed by atoms with E-state index >= 15 is 0 Å². The van der Waals surface area contributed by atoms with Gasteiger partial charge in [0.2, 0.25) is 0 Å². The number of anilines is 1. The molecular weight excluding hydrogens is 168 g/mol. The number of carbonyl (C=O) groups is 1. The maximum absolute atomic E-state index is 10.7. The van der Waals surface area contributed by atoms with Gasteiger partial charge in [0.05, 0.1) is 5.69 Å². The predicted octanol–water partition coefficient (Wildman–Crippen LogP) is 1.36. The number of hydrogen-bond acceptors (Lipinski definition) is 3. The Morgan fingerprint density at radius 3 is 3.00 bits per heavy atom. The van der Waals surface area contributed by atoms with Crippen LogP contribution >= 0.6 is 0 Å². The third-order valence-corrected chi connectivity index (χ3v) is 1.71. The number of rotatable bonds is 4. The van der Waals surface area contributed by atoms with Crippen LogP contribution in [0.5, 0.6) is 0 Å². The highest BCUT2D eigenvalue weighted by molar-refractivity contribution is 5.77. The van der Waals surface area contributed by atoms with Gasteiger partial charge in [0.15, 0.2) is 0 Å². The van der Waals surface area contributed by atoms with E-state index in [1.165, 1.54) is 0 Å². The summed E-state index contributed by atoms with van der Waals surface area (Å²) in [6.45, 7) is 1.82. The molecule has 0 saturated heterocycles. The molecule has 1 atom stereocenters. The summed E-state index contributed by atoms with van der Waals surface area (Å²) in [7, 11) is 0. The van der Waals surface area contributed by atoms with E-state index in [1.807, 2.05) is 6.92 Å². The lowest BCUT2D eigenvalue weighted by atomic mass is 10.2. The van der Waals surface area contributed by atoms with Gasteiger partial charge in [-0.05, 0) is 18.6 Å². The Bertz CT molecular complexity index is 274. The molecule has 4 nitrogen and oxygen atoms in total. The van der Waals surface area contributed by atoms with Crippen LogP contribution in [0.1, 0.15) is 13.3 Å². The topological polar surface area (TPSA) is 62.2 Å². The number of nitrogens with one attached hydrogen (secondary N) is 1. The summed E-state index contributed by atoms with van der Waals surface area (Å²) in [6, 6.07) is 3.01. The minimum Gasteiger partial charge on any atom is -0.480 e. The quantitative estimate of drug-likeness (QED) is 0.734. The highest BCUT2D eigenvalue weighted by Gasteiger charge is 2.13. The molecule has 1 rings (SSSR count). The van der Waals surface area contributed by atoms with Crippen LogP contribution in [0.15, 0.2) is 24.5 Å². The van der Waals surface area contributed by atoms with Crippen LogP contribution in [-0.2, 0) is 4.79 Å². The molecule has 0 bridgehead atoms. The fourth-order valence-corrected chi connectivity index (χ4v) is 0.988. The molecule has 0 saturated carbocycles. The number of hydrogen-bond donors (Lipinski definition) is 2. The van der Waals surface area contributed by atoms with Gasteiger partial charge in [-0.15, -0.1) is 0 Å². The summed E-state index contributed by atoms with van der Waals surface area (Å²) in [6.07, 6.45) is 3.79. The van der Waals surface area contributed by atoms with Crippen LogP contribution in [0.4, 0.5) is 5.69 Å². The summed E-state index contributed by atoms with van der Waals surface area (Å²) in [5.74, 6) is -0.841. The van der Waals surface area contributed by atoms with Crippen molar-refractivity contribution in [3.8, 4) is 0 Å². The van der Waals surface area contributed by atoms with Crippen molar-refractivity contribution < 1.29 is 9.90 Å². The molecule has 0 aliphatic carbocycles. The summed E-state index contributed by atoms with van der Waals surface area (Å²) in [5.41, 5.74) is 0.733. The molecule has 70 valence electrons. The first-order chi connectivity index (χ1) is 6.24. The zero-order chi connectivity index (χ0) is 9.68. The normalized spacial score (nSPS) is 12.1. The van der Waals surface area contributed by atoms with Crippen LogP contribution < -0.4 is 5.32 Å². The molecule has 1 heterocycles. The second-order valence-electron chi connectivity index (χ2n) is 2.69. The number of pyridine rings is 1. The van der Waals surface area contributed by atoms with E-state index in [9.17, 15) is 4.79 Å². The van der Waals surface area contributed by atoms with Gasteiger partial charge < -0.3 is 10.4 Å². The van der Waals surface area contributed by atoms with Gasteiger partial charge in [0, 0.05) is 12.4 Å². The lowest BCUT2D eigenvalue weighted by Crippen LogP contribution is -2.28. The van der Waals surface area contributed by atoms with Crippen molar-refractivity contribution in [1.29, 1.82) is 0 Å². The van der Waals surface area contributed by atoms with Crippen molar-refractivity contribution in [1.82, 2.24) is 4.98 Å². The zero-order valence-corrected chi connectivity index (χ0v) is 7.40. The first-order valence-corrected chi connectivity index (χ1v) is 4.13. The Labute approximate surface area is 76.6 Å². The lowest BCUT2D eigenvalue weighted by Gasteiger charge is -2.12. The standard InChI is InChI=1S/C9H12N2O2/c1-2-8(9(12)13)11-7-4-3-5-10-6-7/h3-6,8,11H,2H2,1H3,(H,12,13). The van der Waals surface area contributed by atoms with E-state index in [1.54, 1.807) is 24.5 Å². The minimum absolute atomic E-state index is 0.538. The average molecular weight is 180 g/mol. The molecule has 0 radical (unpaired) electrons. The van der Waals surface area contributed by atoms with E-state index in [-0.39, 0.29) is 0 Å². The molecule has 13 heavy (non-hydrogen) atoms. The first kappa shape index (κ1) is 9.51. The van der Waals surface area contributed by atoms with Crippen LogP contribution in [0.2, 0.25) is 0 Å². The molecule has 0 aromatic carbocycles. The van der Waals surface area contributed by atoms with E-state index < -0.39 is 12.0 Å². The Kier molecular flexibility index (Phi) is 3.25. The molecule has 1 aromatic rings. The summed E-state index contributed by atoms with van der Waals surface area (Å²) >= 11 is 0. The van der Waals surface area contributed by atoms with Crippen LogP contribution in [0, 0.1) is 0 Å². The maximum atomic E-state index is 10.7. The van der Waals surface area contributed by atoms with E-state index in [0.29, 0.717) is 6.42 Å². The molecule has 0 aliphatic rings. The van der Waals surface area contributed by atoms with Gasteiger partial charge in [-0.2, -0.15) is 0 Å². The first-order valence-electron chi connectivity index (χ1n) is 4.13. The van der Waals surface area contributed by atoms with E-state index in [0.717, 1.165) is 5.69 Å². The highest BCUT2D eigenvalue weighted by atomic mass is 16.4. The van der Waals surface area contributed by atoms with Crippen LogP contribution in [0.3, 0.4) is 0 Å². The van der Waals surface area contributed by atoms with Crippen LogP contribution in [-0.4, -0.2) is 22.1 Å². The van der Waals surface area contributed by atoms with Gasteiger partial charge in [0.1, 0.15) is 6.04 Å². The van der Waals surface area contributed by atoms with Crippen LogP contribution in [0.25, 0.3) is 0 Å². The van der Waals surface area contributed by atoms with E-state index in [2.05, 4.69) is 10.3 Å². The SMILES string of the molecule is CCC(Nc1cccnc1)C(=O)O. The van der Waals surface area contributed by atoms with Crippen molar-refractivity contribution >= 4 is 11.7 Å². The summed E-state index contributed by atoms with van der Waals surface area (Å²) in [4.78, 5) is 14.5. The zero-order valence-electron chi connectivity index (χ0n) is 7.40. The Morgan fingerprint density at radius 2 is 2.54 bits per heavy atom. The van der Waals surface area contributed by atoms with Crippen molar-refractivity contribution in [2.45, 2.75) is 19.4 Å². The second-order valence-corrected chi connectivity index (χ2v) is 2.69. The third-order valence-electron chi connectivity index (χ3n) is 1.71. The highest BCUT2D eigenvalue weighted by Crippen LogP contribution is 2.06. The number of carboxylic acid groups (broad SMARTS) is 1. The predicted molar refractivity (Wildman–Crippen MR) is 49.6 cm³/mol.